The van der Waals surface area contributed by atoms with Crippen LogP contribution in [-0.2, 0) is 14.8 Å². The maximum atomic E-state index is 11.5. The van der Waals surface area contributed by atoms with Gasteiger partial charge in [0.1, 0.15) is 5.78 Å². The summed E-state index contributed by atoms with van der Waals surface area (Å²) in [4.78, 5) is 13.8. The van der Waals surface area contributed by atoms with E-state index >= 15 is 0 Å². The number of nitrogens with one attached hydrogen (secondary N) is 1. The van der Waals surface area contributed by atoms with Crippen molar-refractivity contribution in [3.05, 3.63) is 0 Å². The number of piperidine rings is 2. The lowest BCUT2D eigenvalue weighted by Crippen LogP contribution is -2.54. The van der Waals surface area contributed by atoms with Gasteiger partial charge in [-0.15, -0.1) is 0 Å². The van der Waals surface area contributed by atoms with Crippen LogP contribution in [0.2, 0.25) is 0 Å². The number of fused-ring (bicyclic) bond motifs is 2. The molecule has 2 atom stereocenters. The molecule has 2 aliphatic heterocycles. The maximum absolute atomic E-state index is 11.5. The smallest absolute Gasteiger partial charge is 0.208 e. The molecule has 0 radical (unpaired) electrons. The Balaban J connectivity index is 1.89. The Morgan fingerprint density at radius 1 is 1.29 bits per heavy atom. The Kier molecular flexibility index (Phi) is 3.85. The zero-order valence-corrected chi connectivity index (χ0v) is 11.0. The van der Waals surface area contributed by atoms with E-state index in [-0.39, 0.29) is 0 Å². The highest BCUT2D eigenvalue weighted by Crippen LogP contribution is 2.31. The van der Waals surface area contributed by atoms with Gasteiger partial charge in [0.25, 0.3) is 0 Å². The molecule has 2 bridgehead atoms. The predicted octanol–water partition coefficient (Wildman–Crippen LogP) is 0.122. The summed E-state index contributed by atoms with van der Waals surface area (Å²) in [5.74, 6) is 0.368. The van der Waals surface area contributed by atoms with E-state index in [0.717, 1.165) is 19.4 Å². The summed E-state index contributed by atoms with van der Waals surface area (Å²) in [5.41, 5.74) is 0. The molecule has 2 fully saturated rings. The fourth-order valence-corrected chi connectivity index (χ4v) is 3.45. The first-order valence-electron chi connectivity index (χ1n) is 6.18. The fraction of sp³-hybridized carbons (Fsp3) is 0.909. The first kappa shape index (κ1) is 13.0. The van der Waals surface area contributed by atoms with Crippen molar-refractivity contribution in [2.75, 3.05) is 19.3 Å². The van der Waals surface area contributed by atoms with E-state index in [0.29, 0.717) is 37.3 Å². The van der Waals surface area contributed by atoms with Crippen LogP contribution < -0.4 is 4.72 Å². The minimum Gasteiger partial charge on any atom is -0.300 e. The molecule has 17 heavy (non-hydrogen) atoms. The molecule has 2 aliphatic rings. The lowest BCUT2D eigenvalue weighted by Gasteiger charge is -2.45. The molecule has 2 saturated heterocycles. The molecule has 0 aromatic heterocycles. The number of ketones is 1. The van der Waals surface area contributed by atoms with E-state index in [9.17, 15) is 13.2 Å². The third-order valence-corrected chi connectivity index (χ3v) is 4.40. The van der Waals surface area contributed by atoms with Gasteiger partial charge in [-0.3, -0.25) is 9.69 Å². The van der Waals surface area contributed by atoms with Crippen molar-refractivity contribution < 1.29 is 13.2 Å². The molecule has 2 heterocycles. The second-order valence-corrected chi connectivity index (χ2v) is 6.92. The molecular formula is C11H20N2O3S. The van der Waals surface area contributed by atoms with Gasteiger partial charge in [0.05, 0.1) is 6.26 Å². The van der Waals surface area contributed by atoms with E-state index in [1.807, 2.05) is 0 Å². The summed E-state index contributed by atoms with van der Waals surface area (Å²) in [6, 6.07) is 0.688. The molecular weight excluding hydrogens is 240 g/mol. The largest absolute Gasteiger partial charge is 0.300 e. The van der Waals surface area contributed by atoms with Gasteiger partial charge in [0.2, 0.25) is 10.0 Å². The van der Waals surface area contributed by atoms with Crippen LogP contribution in [0.3, 0.4) is 0 Å². The van der Waals surface area contributed by atoms with Crippen LogP contribution in [0.15, 0.2) is 0 Å². The number of hydrogen-bond donors (Lipinski definition) is 1. The Morgan fingerprint density at radius 2 is 1.88 bits per heavy atom. The van der Waals surface area contributed by atoms with E-state index in [1.165, 1.54) is 12.7 Å². The molecule has 0 aromatic carbocycles. The number of rotatable bonds is 4. The number of Topliss-reactive ketones (excluding diaryl/α,β-unsaturated/α-hetero) is 1. The van der Waals surface area contributed by atoms with Gasteiger partial charge in [0, 0.05) is 38.0 Å². The molecule has 98 valence electrons. The molecule has 1 N–H and O–H groups in total. The summed E-state index contributed by atoms with van der Waals surface area (Å²) in [6.07, 6.45) is 5.80. The average molecular weight is 260 g/mol. The highest BCUT2D eigenvalue weighted by molar-refractivity contribution is 7.88. The Morgan fingerprint density at radius 3 is 2.41 bits per heavy atom. The second kappa shape index (κ2) is 5.04. The predicted molar refractivity (Wildman–Crippen MR) is 65.2 cm³/mol. The SMILES string of the molecule is CS(=O)(=O)NCCN1C2CCCC1CC(=O)C2. The number of carbonyl (C=O) groups is 1. The first-order valence-corrected chi connectivity index (χ1v) is 8.07. The van der Waals surface area contributed by atoms with Crippen LogP contribution in [0.25, 0.3) is 0 Å². The molecule has 6 heteroatoms. The van der Waals surface area contributed by atoms with Crippen LogP contribution in [0.1, 0.15) is 32.1 Å². The topological polar surface area (TPSA) is 66.5 Å². The van der Waals surface area contributed by atoms with E-state index in [1.54, 1.807) is 0 Å². The maximum Gasteiger partial charge on any atom is 0.208 e. The van der Waals surface area contributed by atoms with Crippen molar-refractivity contribution in [1.29, 1.82) is 0 Å². The number of nitrogens with zero attached hydrogens (tertiary/aromatic N) is 1. The summed E-state index contributed by atoms with van der Waals surface area (Å²) >= 11 is 0. The fourth-order valence-electron chi connectivity index (χ4n) is 2.99. The first-order chi connectivity index (χ1) is 7.96. The summed E-state index contributed by atoms with van der Waals surface area (Å²) in [7, 11) is -3.10. The second-order valence-electron chi connectivity index (χ2n) is 5.09. The Bertz CT molecular complexity index is 378. The highest BCUT2D eigenvalue weighted by atomic mass is 32.2. The molecule has 0 amide bonds. The number of hydrogen-bond acceptors (Lipinski definition) is 4. The molecule has 0 saturated carbocycles. The van der Waals surface area contributed by atoms with Crippen molar-refractivity contribution in [1.82, 2.24) is 9.62 Å². The lowest BCUT2D eigenvalue weighted by molar-refractivity contribution is -0.127. The van der Waals surface area contributed by atoms with Crippen LogP contribution in [-0.4, -0.2) is 50.5 Å². The van der Waals surface area contributed by atoms with E-state index in [4.69, 9.17) is 0 Å². The van der Waals surface area contributed by atoms with Gasteiger partial charge in [0.15, 0.2) is 0 Å². The van der Waals surface area contributed by atoms with Crippen LogP contribution in [0.4, 0.5) is 0 Å². The normalized spacial score (nSPS) is 30.5. The minimum atomic E-state index is -3.10. The molecule has 5 nitrogen and oxygen atoms in total. The van der Waals surface area contributed by atoms with Crippen LogP contribution >= 0.6 is 0 Å². The van der Waals surface area contributed by atoms with Crippen molar-refractivity contribution in [3.8, 4) is 0 Å². The number of sulfonamides is 1. The van der Waals surface area contributed by atoms with Crippen molar-refractivity contribution in [3.63, 3.8) is 0 Å². The third-order valence-electron chi connectivity index (χ3n) is 3.67. The molecule has 2 rings (SSSR count). The Labute approximate surface area is 103 Å². The number of carbonyl (C=O) groups excluding carboxylic acids is 1. The highest BCUT2D eigenvalue weighted by Gasteiger charge is 2.36. The zero-order valence-electron chi connectivity index (χ0n) is 10.2. The molecule has 0 aliphatic carbocycles. The van der Waals surface area contributed by atoms with E-state index < -0.39 is 10.0 Å². The van der Waals surface area contributed by atoms with Gasteiger partial charge in [-0.2, -0.15) is 0 Å². The monoisotopic (exact) mass is 260 g/mol. The molecule has 0 spiro atoms. The third kappa shape index (κ3) is 3.50. The summed E-state index contributed by atoms with van der Waals surface area (Å²) < 4.78 is 24.5. The lowest BCUT2D eigenvalue weighted by atomic mass is 9.84. The van der Waals surface area contributed by atoms with Crippen molar-refractivity contribution in [2.24, 2.45) is 0 Å². The van der Waals surface area contributed by atoms with Crippen molar-refractivity contribution in [2.45, 2.75) is 44.2 Å². The quantitative estimate of drug-likeness (QED) is 0.780. The van der Waals surface area contributed by atoms with Crippen LogP contribution in [0.5, 0.6) is 0 Å². The van der Waals surface area contributed by atoms with Gasteiger partial charge < -0.3 is 0 Å². The summed E-state index contributed by atoms with van der Waals surface area (Å²) in [6.45, 7) is 1.16. The summed E-state index contributed by atoms with van der Waals surface area (Å²) in [5, 5.41) is 0. The van der Waals surface area contributed by atoms with Gasteiger partial charge >= 0.3 is 0 Å². The molecule has 0 aromatic rings. The van der Waals surface area contributed by atoms with Gasteiger partial charge in [-0.05, 0) is 12.8 Å². The van der Waals surface area contributed by atoms with Crippen molar-refractivity contribution >= 4 is 15.8 Å². The van der Waals surface area contributed by atoms with Gasteiger partial charge in [-0.25, -0.2) is 13.1 Å². The molecule has 2 unspecified atom stereocenters. The van der Waals surface area contributed by atoms with Gasteiger partial charge in [-0.1, -0.05) is 6.42 Å². The average Bonchev–Trinajstić information content (AvgIpc) is 2.17. The standard InChI is InChI=1S/C11H20N2O3S/c1-17(15,16)12-5-6-13-9-3-2-4-10(13)8-11(14)7-9/h9-10,12H,2-8H2,1H3. The minimum absolute atomic E-state index is 0.344. The van der Waals surface area contributed by atoms with Crippen LogP contribution in [0, 0.1) is 0 Å². The Hall–Kier alpha value is -0.460. The zero-order chi connectivity index (χ0) is 12.5. The van der Waals surface area contributed by atoms with E-state index in [2.05, 4.69) is 9.62 Å².